The fraction of sp³-hybridized carbons (Fsp3) is 0.571. The van der Waals surface area contributed by atoms with Crippen molar-refractivity contribution in [2.24, 2.45) is 0 Å². The summed E-state index contributed by atoms with van der Waals surface area (Å²) in [5, 5.41) is 7.98. The second kappa shape index (κ2) is 6.72. The van der Waals surface area contributed by atoms with Crippen molar-refractivity contribution in [1.29, 1.82) is 0 Å². The Morgan fingerprint density at radius 3 is 1.55 bits per heavy atom. The first-order chi connectivity index (χ1) is 9.49. The van der Waals surface area contributed by atoms with Gasteiger partial charge in [-0.1, -0.05) is 10.3 Å². The number of hydrogen-bond acceptors (Lipinski definition) is 6. The summed E-state index contributed by atoms with van der Waals surface area (Å²) in [6, 6.07) is 0. The molecule has 0 unspecified atom stereocenters. The summed E-state index contributed by atoms with van der Waals surface area (Å²) in [7, 11) is 0. The highest BCUT2D eigenvalue weighted by atomic mass is 32.2. The van der Waals surface area contributed by atoms with Crippen LogP contribution in [0.1, 0.15) is 41.0 Å². The Hall–Kier alpha value is -0.880. The van der Waals surface area contributed by atoms with Crippen LogP contribution in [-0.2, 0) is 11.5 Å². The van der Waals surface area contributed by atoms with E-state index in [9.17, 15) is 0 Å². The predicted molar refractivity (Wildman–Crippen MR) is 84.0 cm³/mol. The smallest absolute Gasteiger partial charge is 0.137 e. The van der Waals surface area contributed by atoms with Crippen LogP contribution < -0.4 is 0 Å². The lowest BCUT2D eigenvalue weighted by Crippen LogP contribution is -1.95. The molecule has 0 saturated heterocycles. The average Bonchev–Trinajstić information content (AvgIpc) is 2.89. The van der Waals surface area contributed by atoms with Gasteiger partial charge in [0.05, 0.1) is 11.4 Å². The third-order valence-corrected chi connectivity index (χ3v) is 5.95. The molecule has 2 heterocycles. The van der Waals surface area contributed by atoms with Crippen molar-refractivity contribution < 1.29 is 9.05 Å². The number of aryl methyl sites for hydroxylation is 4. The Morgan fingerprint density at radius 1 is 0.850 bits per heavy atom. The molecule has 0 aromatic carbocycles. The lowest BCUT2D eigenvalue weighted by molar-refractivity contribution is 0.392. The standard InChI is InChI=1S/C14H20N2O2S2/c1-8-13(10(3)17-15-8)6-19-12(5)20-7-14-9(2)16-18-11(14)4/h12H,6-7H2,1-5H3. The molecule has 0 N–H and O–H groups in total. The molecule has 0 radical (unpaired) electrons. The summed E-state index contributed by atoms with van der Waals surface area (Å²) in [5.74, 6) is 3.74. The predicted octanol–water partition coefficient (Wildman–Crippen LogP) is 4.41. The molecule has 2 rings (SSSR count). The molecule has 0 aliphatic heterocycles. The average molecular weight is 312 g/mol. The van der Waals surface area contributed by atoms with Gasteiger partial charge in [-0.2, -0.15) is 0 Å². The summed E-state index contributed by atoms with van der Waals surface area (Å²) in [6.45, 7) is 10.2. The summed E-state index contributed by atoms with van der Waals surface area (Å²) in [4.78, 5) is 0. The van der Waals surface area contributed by atoms with Crippen molar-refractivity contribution >= 4 is 23.5 Å². The monoisotopic (exact) mass is 312 g/mol. The van der Waals surface area contributed by atoms with Gasteiger partial charge in [-0.3, -0.25) is 0 Å². The van der Waals surface area contributed by atoms with Gasteiger partial charge in [-0.25, -0.2) is 0 Å². The summed E-state index contributed by atoms with van der Waals surface area (Å²) in [5.41, 5.74) is 4.44. The zero-order valence-corrected chi connectivity index (χ0v) is 14.2. The minimum atomic E-state index is 0.498. The molecule has 0 aliphatic carbocycles. The molecule has 0 spiro atoms. The van der Waals surface area contributed by atoms with E-state index in [1.807, 2.05) is 51.2 Å². The zero-order chi connectivity index (χ0) is 14.7. The Balaban J connectivity index is 1.83. The normalized spacial score (nSPS) is 11.5. The van der Waals surface area contributed by atoms with Gasteiger partial charge >= 0.3 is 0 Å². The number of rotatable bonds is 6. The molecule has 0 bridgehead atoms. The van der Waals surface area contributed by atoms with Gasteiger partial charge in [-0.15, -0.1) is 23.5 Å². The van der Waals surface area contributed by atoms with E-state index in [2.05, 4.69) is 17.2 Å². The molecule has 2 aromatic heterocycles. The number of aromatic nitrogens is 2. The van der Waals surface area contributed by atoms with Gasteiger partial charge in [0.15, 0.2) is 0 Å². The van der Waals surface area contributed by atoms with Gasteiger partial charge in [0.25, 0.3) is 0 Å². The molecule has 110 valence electrons. The Labute approximate surface area is 128 Å². The van der Waals surface area contributed by atoms with Crippen LogP contribution >= 0.6 is 23.5 Å². The molecule has 4 nitrogen and oxygen atoms in total. The summed E-state index contributed by atoms with van der Waals surface area (Å²) in [6.07, 6.45) is 0. The number of nitrogens with zero attached hydrogens (tertiary/aromatic N) is 2. The third kappa shape index (κ3) is 3.61. The molecule has 2 aromatic rings. The highest BCUT2D eigenvalue weighted by Crippen LogP contribution is 2.32. The van der Waals surface area contributed by atoms with Crippen molar-refractivity contribution in [3.05, 3.63) is 34.0 Å². The maximum Gasteiger partial charge on any atom is 0.137 e. The van der Waals surface area contributed by atoms with E-state index in [-0.39, 0.29) is 0 Å². The van der Waals surface area contributed by atoms with Gasteiger partial charge in [0.1, 0.15) is 11.5 Å². The van der Waals surface area contributed by atoms with Crippen molar-refractivity contribution in [2.45, 2.75) is 50.7 Å². The topological polar surface area (TPSA) is 52.1 Å². The largest absolute Gasteiger partial charge is 0.361 e. The molecule has 0 saturated carbocycles. The van der Waals surface area contributed by atoms with Crippen LogP contribution in [0, 0.1) is 27.7 Å². The second-order valence-corrected chi connectivity index (χ2v) is 7.75. The SMILES string of the molecule is Cc1noc(C)c1CSC(C)SCc1c(C)noc1C. The molecular formula is C14H20N2O2S2. The Bertz CT molecular complexity index is 488. The van der Waals surface area contributed by atoms with Gasteiger partial charge < -0.3 is 9.05 Å². The molecule has 20 heavy (non-hydrogen) atoms. The fourth-order valence-electron chi connectivity index (χ4n) is 1.87. The van der Waals surface area contributed by atoms with E-state index < -0.39 is 0 Å². The molecule has 0 atom stereocenters. The van der Waals surface area contributed by atoms with E-state index >= 15 is 0 Å². The van der Waals surface area contributed by atoms with Crippen LogP contribution in [0.2, 0.25) is 0 Å². The second-order valence-electron chi connectivity index (χ2n) is 4.80. The Morgan fingerprint density at radius 2 is 1.25 bits per heavy atom. The molecular weight excluding hydrogens is 292 g/mol. The van der Waals surface area contributed by atoms with Crippen LogP contribution in [0.15, 0.2) is 9.05 Å². The quantitative estimate of drug-likeness (QED) is 0.736. The summed E-state index contributed by atoms with van der Waals surface area (Å²) >= 11 is 3.82. The van der Waals surface area contributed by atoms with Crippen molar-refractivity contribution in [2.75, 3.05) is 0 Å². The van der Waals surface area contributed by atoms with E-state index in [1.165, 1.54) is 11.1 Å². The van der Waals surface area contributed by atoms with Crippen molar-refractivity contribution in [3.63, 3.8) is 0 Å². The van der Waals surface area contributed by atoms with Gasteiger partial charge in [0, 0.05) is 27.2 Å². The third-order valence-electron chi connectivity index (χ3n) is 3.29. The maximum absolute atomic E-state index is 5.19. The van der Waals surface area contributed by atoms with Crippen LogP contribution in [-0.4, -0.2) is 14.9 Å². The van der Waals surface area contributed by atoms with Crippen molar-refractivity contribution in [1.82, 2.24) is 10.3 Å². The van der Waals surface area contributed by atoms with E-state index in [0.29, 0.717) is 4.58 Å². The van der Waals surface area contributed by atoms with Crippen LogP contribution in [0.3, 0.4) is 0 Å². The fourth-order valence-corrected chi connectivity index (χ4v) is 4.29. The van der Waals surface area contributed by atoms with Crippen LogP contribution in [0.4, 0.5) is 0 Å². The first-order valence-electron chi connectivity index (χ1n) is 6.55. The first kappa shape index (κ1) is 15.5. The van der Waals surface area contributed by atoms with Crippen LogP contribution in [0.25, 0.3) is 0 Å². The van der Waals surface area contributed by atoms with Crippen LogP contribution in [0.5, 0.6) is 0 Å². The minimum Gasteiger partial charge on any atom is -0.361 e. The highest BCUT2D eigenvalue weighted by molar-refractivity contribution is 8.16. The van der Waals surface area contributed by atoms with E-state index in [4.69, 9.17) is 9.05 Å². The molecule has 0 amide bonds. The Kier molecular flexibility index (Phi) is 5.21. The lowest BCUT2D eigenvalue weighted by Gasteiger charge is -2.10. The van der Waals surface area contributed by atoms with Gasteiger partial charge in [-0.05, 0) is 34.6 Å². The number of hydrogen-bond donors (Lipinski definition) is 0. The lowest BCUT2D eigenvalue weighted by atomic mass is 10.2. The van der Waals surface area contributed by atoms with Gasteiger partial charge in [0.2, 0.25) is 0 Å². The zero-order valence-electron chi connectivity index (χ0n) is 12.5. The number of thioether (sulfide) groups is 2. The van der Waals surface area contributed by atoms with E-state index in [1.54, 1.807) is 0 Å². The molecule has 0 aliphatic rings. The molecule has 0 fully saturated rings. The first-order valence-corrected chi connectivity index (χ1v) is 8.65. The van der Waals surface area contributed by atoms with E-state index in [0.717, 1.165) is 34.4 Å². The highest BCUT2D eigenvalue weighted by Gasteiger charge is 2.14. The van der Waals surface area contributed by atoms with Crippen molar-refractivity contribution in [3.8, 4) is 0 Å². The minimum absolute atomic E-state index is 0.498. The maximum atomic E-state index is 5.19. The summed E-state index contributed by atoms with van der Waals surface area (Å²) < 4.78 is 10.9. The molecule has 6 heteroatoms.